The molecule has 0 aliphatic rings. The molecule has 0 radical (unpaired) electrons. The number of primary amides is 1. The van der Waals surface area contributed by atoms with Gasteiger partial charge in [0.1, 0.15) is 0 Å². The highest BCUT2D eigenvalue weighted by Crippen LogP contribution is 2.06. The van der Waals surface area contributed by atoms with E-state index in [0.717, 1.165) is 0 Å². The van der Waals surface area contributed by atoms with Crippen molar-refractivity contribution in [3.05, 3.63) is 0 Å². The Balaban J connectivity index is 3.93. The summed E-state index contributed by atoms with van der Waals surface area (Å²) in [6.07, 6.45) is 0.761. The van der Waals surface area contributed by atoms with E-state index in [9.17, 15) is 14.4 Å². The van der Waals surface area contributed by atoms with Crippen LogP contribution in [0.4, 0.5) is 4.79 Å². The number of rotatable bonds is 8. The first-order valence-corrected chi connectivity index (χ1v) is 5.89. The number of carboxylic acids is 1. The molecule has 2 atom stereocenters. The number of carbonyl (C=O) groups is 3. The highest BCUT2D eigenvalue weighted by Gasteiger charge is 2.14. The van der Waals surface area contributed by atoms with E-state index in [1.165, 1.54) is 0 Å². The number of nitrogens with two attached hydrogens (primary N) is 1. The third-order valence-corrected chi connectivity index (χ3v) is 2.48. The molecule has 0 heterocycles. The van der Waals surface area contributed by atoms with Gasteiger partial charge >= 0.3 is 12.0 Å². The van der Waals surface area contributed by atoms with Crippen LogP contribution in [0.5, 0.6) is 0 Å². The third-order valence-electron chi connectivity index (χ3n) is 2.48. The lowest BCUT2D eigenvalue weighted by molar-refractivity contribution is -0.138. The lowest BCUT2D eigenvalue weighted by Gasteiger charge is -2.16. The fourth-order valence-electron chi connectivity index (χ4n) is 1.47. The maximum absolute atomic E-state index is 11.4. The zero-order valence-corrected chi connectivity index (χ0v) is 10.7. The molecule has 18 heavy (non-hydrogen) atoms. The summed E-state index contributed by atoms with van der Waals surface area (Å²) in [4.78, 5) is 32.6. The van der Waals surface area contributed by atoms with Crippen LogP contribution in [0.1, 0.15) is 33.1 Å². The molecule has 0 rings (SSSR count). The van der Waals surface area contributed by atoms with Crippen LogP contribution in [0, 0.1) is 5.92 Å². The zero-order chi connectivity index (χ0) is 14.1. The summed E-state index contributed by atoms with van der Waals surface area (Å²) in [5.74, 6) is -1.47. The molecule has 0 aromatic carbocycles. The second-order valence-electron chi connectivity index (χ2n) is 4.30. The van der Waals surface area contributed by atoms with Gasteiger partial charge in [0.05, 0.1) is 0 Å². The molecule has 0 spiro atoms. The molecule has 0 aromatic heterocycles. The average Bonchev–Trinajstić information content (AvgIpc) is 2.22. The third kappa shape index (κ3) is 8.37. The van der Waals surface area contributed by atoms with Crippen molar-refractivity contribution in [1.29, 1.82) is 0 Å². The van der Waals surface area contributed by atoms with Gasteiger partial charge in [0.15, 0.2) is 0 Å². The molecule has 104 valence electrons. The van der Waals surface area contributed by atoms with Crippen molar-refractivity contribution in [2.45, 2.75) is 39.2 Å². The predicted molar refractivity (Wildman–Crippen MR) is 65.8 cm³/mol. The summed E-state index contributed by atoms with van der Waals surface area (Å²) in [6.45, 7) is 3.82. The van der Waals surface area contributed by atoms with Crippen LogP contribution < -0.4 is 16.4 Å². The van der Waals surface area contributed by atoms with E-state index in [-0.39, 0.29) is 31.3 Å². The van der Waals surface area contributed by atoms with Gasteiger partial charge in [-0.2, -0.15) is 0 Å². The van der Waals surface area contributed by atoms with Gasteiger partial charge in [-0.3, -0.25) is 9.59 Å². The Morgan fingerprint density at radius 2 is 1.89 bits per heavy atom. The van der Waals surface area contributed by atoms with Gasteiger partial charge in [-0.25, -0.2) is 4.79 Å². The van der Waals surface area contributed by atoms with Crippen LogP contribution in [-0.4, -0.2) is 35.6 Å². The SMILES string of the molecule is CCC(CNC(=O)NC(C)CC(N)=O)CC(=O)O. The number of hydrogen-bond acceptors (Lipinski definition) is 3. The normalized spacial score (nSPS) is 13.4. The molecule has 2 unspecified atom stereocenters. The van der Waals surface area contributed by atoms with Crippen molar-refractivity contribution in [2.24, 2.45) is 11.7 Å². The molecule has 5 N–H and O–H groups in total. The molecular weight excluding hydrogens is 238 g/mol. The Morgan fingerprint density at radius 3 is 2.33 bits per heavy atom. The Bertz CT molecular complexity index is 307. The van der Waals surface area contributed by atoms with Crippen LogP contribution in [0.15, 0.2) is 0 Å². The van der Waals surface area contributed by atoms with Crippen molar-refractivity contribution in [2.75, 3.05) is 6.54 Å². The van der Waals surface area contributed by atoms with Crippen molar-refractivity contribution < 1.29 is 19.5 Å². The number of amides is 3. The lowest BCUT2D eigenvalue weighted by Crippen LogP contribution is -2.43. The van der Waals surface area contributed by atoms with Crippen molar-refractivity contribution in [3.8, 4) is 0 Å². The van der Waals surface area contributed by atoms with Crippen molar-refractivity contribution in [1.82, 2.24) is 10.6 Å². The molecule has 7 nitrogen and oxygen atoms in total. The fraction of sp³-hybridized carbons (Fsp3) is 0.727. The highest BCUT2D eigenvalue weighted by molar-refractivity contribution is 5.77. The molecular formula is C11H21N3O4. The summed E-state index contributed by atoms with van der Waals surface area (Å²) in [5.41, 5.74) is 4.99. The van der Waals surface area contributed by atoms with Crippen LogP contribution in [0.25, 0.3) is 0 Å². The van der Waals surface area contributed by atoms with E-state index >= 15 is 0 Å². The lowest BCUT2D eigenvalue weighted by atomic mass is 10.0. The molecule has 7 heteroatoms. The number of urea groups is 1. The minimum absolute atomic E-state index is 0.0214. The van der Waals surface area contributed by atoms with E-state index in [1.807, 2.05) is 6.92 Å². The van der Waals surface area contributed by atoms with Crippen LogP contribution in [0.3, 0.4) is 0 Å². The van der Waals surface area contributed by atoms with E-state index in [2.05, 4.69) is 10.6 Å². The topological polar surface area (TPSA) is 122 Å². The Kier molecular flexibility index (Phi) is 7.50. The molecule has 0 saturated carbocycles. The Morgan fingerprint density at radius 1 is 1.28 bits per heavy atom. The quantitative estimate of drug-likeness (QED) is 0.492. The first-order valence-electron chi connectivity index (χ1n) is 5.89. The smallest absolute Gasteiger partial charge is 0.315 e. The number of carbonyl (C=O) groups excluding carboxylic acids is 2. The van der Waals surface area contributed by atoms with Crippen LogP contribution in [-0.2, 0) is 9.59 Å². The van der Waals surface area contributed by atoms with Gasteiger partial charge in [-0.05, 0) is 12.8 Å². The van der Waals surface area contributed by atoms with Crippen LogP contribution in [0.2, 0.25) is 0 Å². The molecule has 3 amide bonds. The molecule has 0 aromatic rings. The minimum atomic E-state index is -0.883. The van der Waals surface area contributed by atoms with E-state index in [4.69, 9.17) is 10.8 Å². The summed E-state index contributed by atoms with van der Waals surface area (Å²) < 4.78 is 0. The second-order valence-corrected chi connectivity index (χ2v) is 4.30. The molecule has 0 bridgehead atoms. The van der Waals surface area contributed by atoms with E-state index in [0.29, 0.717) is 6.42 Å². The van der Waals surface area contributed by atoms with Crippen molar-refractivity contribution in [3.63, 3.8) is 0 Å². The fourth-order valence-corrected chi connectivity index (χ4v) is 1.47. The first kappa shape index (κ1) is 16.2. The molecule has 0 aliphatic carbocycles. The molecule has 0 aliphatic heterocycles. The van der Waals surface area contributed by atoms with E-state index < -0.39 is 17.9 Å². The Labute approximate surface area is 106 Å². The highest BCUT2D eigenvalue weighted by atomic mass is 16.4. The average molecular weight is 259 g/mol. The second kappa shape index (κ2) is 8.32. The van der Waals surface area contributed by atoms with Gasteiger partial charge in [0.2, 0.25) is 5.91 Å². The van der Waals surface area contributed by atoms with Gasteiger partial charge in [0.25, 0.3) is 0 Å². The zero-order valence-electron chi connectivity index (χ0n) is 10.7. The summed E-state index contributed by atoms with van der Waals surface area (Å²) in [5, 5.41) is 13.8. The molecule has 0 fully saturated rings. The predicted octanol–water partition coefficient (Wildman–Crippen LogP) is 0.0504. The number of hydrogen-bond donors (Lipinski definition) is 4. The maximum Gasteiger partial charge on any atom is 0.315 e. The number of nitrogens with one attached hydrogen (secondary N) is 2. The summed E-state index contributed by atoms with van der Waals surface area (Å²) in [7, 11) is 0. The van der Waals surface area contributed by atoms with E-state index in [1.54, 1.807) is 6.92 Å². The number of aliphatic carboxylic acids is 1. The first-order chi connectivity index (χ1) is 8.35. The summed E-state index contributed by atoms with van der Waals surface area (Å²) >= 11 is 0. The van der Waals surface area contributed by atoms with Gasteiger partial charge in [-0.1, -0.05) is 13.3 Å². The standard InChI is InChI=1S/C11H21N3O4/c1-3-8(5-10(16)17)6-13-11(18)14-7(2)4-9(12)15/h7-8H,3-6H2,1-2H3,(H2,12,15)(H,16,17)(H2,13,14,18). The monoisotopic (exact) mass is 259 g/mol. The number of carboxylic acid groups (broad SMARTS) is 1. The largest absolute Gasteiger partial charge is 0.481 e. The van der Waals surface area contributed by atoms with Gasteiger partial charge in [0, 0.05) is 25.4 Å². The van der Waals surface area contributed by atoms with Crippen molar-refractivity contribution >= 4 is 17.9 Å². The molecule has 0 saturated heterocycles. The summed E-state index contributed by atoms with van der Waals surface area (Å²) in [6, 6.07) is -0.769. The maximum atomic E-state index is 11.4. The minimum Gasteiger partial charge on any atom is -0.481 e. The van der Waals surface area contributed by atoms with Crippen LogP contribution >= 0.6 is 0 Å². The van der Waals surface area contributed by atoms with Gasteiger partial charge < -0.3 is 21.5 Å². The van der Waals surface area contributed by atoms with Gasteiger partial charge in [-0.15, -0.1) is 0 Å². The Hall–Kier alpha value is -1.79.